The minimum Gasteiger partial charge on any atom is -0.516 e. The van der Waals surface area contributed by atoms with Gasteiger partial charge in [-0.15, -0.1) is 118 Å². The summed E-state index contributed by atoms with van der Waals surface area (Å²) in [5.74, 6) is 1.05. The van der Waals surface area contributed by atoms with Gasteiger partial charge in [0.15, 0.2) is 0 Å². The number of hydrogen-bond donors (Lipinski definition) is 4. The number of amidine groups is 2. The lowest BCUT2D eigenvalue weighted by Crippen LogP contribution is -2.31. The average molecular weight is 1870 g/mol. The molecule has 0 aliphatic heterocycles. The first-order valence-corrected chi connectivity index (χ1v) is 44.8. The molecule has 119 heavy (non-hydrogen) atoms. The number of aliphatic hydroxyl groups is 1. The van der Waals surface area contributed by atoms with Gasteiger partial charge in [0.05, 0.1) is 78.5 Å². The fraction of sp³-hybridized carbons (Fsp3) is 0.595. The summed E-state index contributed by atoms with van der Waals surface area (Å²) in [5, 5.41) is 28.6. The lowest BCUT2D eigenvalue weighted by atomic mass is 10.6. The Balaban J connectivity index is -0.0000000281. The molecule has 0 aromatic rings. The average Bonchev–Trinajstić information content (AvgIpc) is 0.854. The molecule has 0 aliphatic carbocycles. The Kier molecular flexibility index (Phi) is 252. The molecule has 0 atom stereocenters. The number of nitrogens with one attached hydrogen (secondary N) is 2. The largest absolute Gasteiger partial charge is 0.516 e. The predicted molar refractivity (Wildman–Crippen MR) is 517 cm³/mol. The van der Waals surface area contributed by atoms with Crippen LogP contribution in [-0.4, -0.2) is 402 Å². The van der Waals surface area contributed by atoms with E-state index in [9.17, 15) is 79.9 Å². The maximum atomic E-state index is 10.5. The molecule has 0 rings (SSSR count). The van der Waals surface area contributed by atoms with Crippen LogP contribution in [0.5, 0.6) is 0 Å². The van der Waals surface area contributed by atoms with Crippen molar-refractivity contribution in [1.82, 2.24) is 46.6 Å². The molecule has 45 heteroatoms. The first-order valence-electron chi connectivity index (χ1n) is 31.5. The summed E-state index contributed by atoms with van der Waals surface area (Å²) in [6, 6.07) is 0. The highest BCUT2D eigenvalue weighted by atomic mass is 32.3. The van der Waals surface area contributed by atoms with E-state index in [0.29, 0.717) is 15.4 Å². The van der Waals surface area contributed by atoms with Gasteiger partial charge in [0.25, 0.3) is 0 Å². The topological polar surface area (TPSA) is 491 Å². The molecule has 0 bridgehead atoms. The van der Waals surface area contributed by atoms with Gasteiger partial charge < -0.3 is 73.0 Å². The lowest BCUT2D eigenvalue weighted by Gasteiger charge is -2.09. The number of sulfonamides is 4. The van der Waals surface area contributed by atoms with Crippen molar-refractivity contribution in [3.63, 3.8) is 0 Å². The number of carbonyl (C=O) groups is 8. The van der Waals surface area contributed by atoms with Gasteiger partial charge in [0, 0.05) is 183 Å². The van der Waals surface area contributed by atoms with E-state index in [1.54, 1.807) is 104 Å². The summed E-state index contributed by atoms with van der Waals surface area (Å²) in [4.78, 5) is 89.6. The van der Waals surface area contributed by atoms with Gasteiger partial charge >= 0.3 is 30.3 Å². The van der Waals surface area contributed by atoms with Crippen molar-refractivity contribution < 1.29 is 119 Å². The van der Waals surface area contributed by atoms with E-state index < -0.39 is 66.9 Å². The Morgan fingerprint density at radius 2 is 0.445 bits per heavy atom. The monoisotopic (exact) mass is 1870 g/mol. The van der Waals surface area contributed by atoms with Crippen molar-refractivity contribution in [3.8, 4) is 0 Å². The molecule has 0 aromatic heterocycles. The molecule has 38 nitrogen and oxygen atoms in total. The van der Waals surface area contributed by atoms with Crippen LogP contribution in [-0.2, 0) is 108 Å². The van der Waals surface area contributed by atoms with E-state index in [0.717, 1.165) is 66.6 Å². The van der Waals surface area contributed by atoms with Gasteiger partial charge in [-0.25, -0.2) is 65.1 Å². The highest BCUT2D eigenvalue weighted by Crippen LogP contribution is 1.99. The van der Waals surface area contributed by atoms with Crippen LogP contribution in [0.25, 0.3) is 0 Å². The molecule has 0 saturated carbocycles. The van der Waals surface area contributed by atoms with E-state index in [1.165, 1.54) is 118 Å². The summed E-state index contributed by atoms with van der Waals surface area (Å²) in [6.07, 6.45) is 12.5. The fourth-order valence-electron chi connectivity index (χ4n) is 0.611. The van der Waals surface area contributed by atoms with Gasteiger partial charge in [0.2, 0.25) is 51.9 Å². The zero-order valence-electron chi connectivity index (χ0n) is 81.0. The summed E-state index contributed by atoms with van der Waals surface area (Å²) in [7, 11) is 24.0. The number of aliphatic hydroxyl groups excluding tert-OH is 1. The summed E-state index contributed by atoms with van der Waals surface area (Å²) < 4.78 is 135. The Morgan fingerprint density at radius 3 is 0.445 bits per heavy atom. The van der Waals surface area contributed by atoms with Crippen molar-refractivity contribution in [3.05, 3.63) is 131 Å². The van der Waals surface area contributed by atoms with E-state index in [4.69, 9.17) is 25.8 Å². The molecule has 0 fully saturated rings. The number of ether oxygens (including phenoxy) is 5. The third kappa shape index (κ3) is 516. The molecule has 0 aromatic carbocycles. The van der Waals surface area contributed by atoms with Crippen molar-refractivity contribution in [2.24, 2.45) is 0 Å². The van der Waals surface area contributed by atoms with Crippen molar-refractivity contribution in [1.29, 1.82) is 10.8 Å². The number of Topliss-reactive ketones (excluding diaryl/α,β-unsaturated/α-hetero) is 1. The molecular formula is C74H176N12O26S7. The Labute approximate surface area is 736 Å². The van der Waals surface area contributed by atoms with Crippen LogP contribution in [0.2, 0.25) is 0 Å². The second kappa shape index (κ2) is 154. The molecule has 0 unspecified atom stereocenters. The zero-order valence-corrected chi connectivity index (χ0v) is 86.8. The molecule has 0 aliphatic rings. The van der Waals surface area contributed by atoms with Gasteiger partial charge in [-0.2, -0.15) is 11.8 Å². The highest BCUT2D eigenvalue weighted by Gasteiger charge is 2.20. The van der Waals surface area contributed by atoms with Crippen molar-refractivity contribution in [2.45, 2.75) is 62.8 Å². The van der Waals surface area contributed by atoms with Crippen LogP contribution in [0.3, 0.4) is 0 Å². The van der Waals surface area contributed by atoms with Gasteiger partial charge in [-0.3, -0.25) is 34.2 Å². The normalized spacial score (nSPS) is 7.87. The minimum absolute atomic E-state index is 0. The highest BCUT2D eigenvalue weighted by molar-refractivity contribution is 8.03. The Hall–Kier alpha value is -8.41. The third-order valence-electron chi connectivity index (χ3n) is 6.69. The number of hydrogen-bond acceptors (Lipinski definition) is 29. The number of carboxylic acid groups (broad SMARTS) is 1. The number of esters is 2. The summed E-state index contributed by atoms with van der Waals surface area (Å²) in [5.41, 5.74) is 0. The third-order valence-corrected chi connectivity index (χ3v) is 12.8. The number of rotatable bonds is 4. The summed E-state index contributed by atoms with van der Waals surface area (Å²) in [6.45, 7) is 69.2. The van der Waals surface area contributed by atoms with Crippen LogP contribution in [0.1, 0.15) is 62.8 Å². The number of methoxy groups -OCH3 is 5. The number of sulfone groups is 1. The standard InChI is InChI=1S/2C4H10N2.2C4H9NO2.2C4H9NO.C3H9NO4S2.2C3H9NO2S.C3H9N.2C3H6O2.C3H6O.C2H4O3.C2H6O2S.C2H6OS.C2H4O.C2H6S.9C2H4.CH4/c2*1-4(5)6(2)3;2*1-5(2)4(6)7-3;2*1-4(6)5(2)3;1-4(9(2,5)6)10(3,7)8;2*1-4(2)7(3,5)6;1-4(2)3;2*1-3(4)5-2;1-3(2)4;1-5-2(3)4;1-5(2,3)4;1-4(2)3;1-2-3;1-3-2;9*1-2;/h2*5H,1-3H3;2*1-3H3;2*1-3H3;1-3H3;2*1-3H3;1-3H3;2*1-2H3;1-2H3;1H3,(H,3,4);1-2H3;1-2H3;2-3H,1H2;1-2H3;9*1-2H2;1H4. The fourth-order valence-corrected chi connectivity index (χ4v) is 2.58. The van der Waals surface area contributed by atoms with Gasteiger partial charge in [-0.1, -0.05) is 17.7 Å². The van der Waals surface area contributed by atoms with Gasteiger partial charge in [0.1, 0.15) is 15.6 Å². The van der Waals surface area contributed by atoms with Crippen molar-refractivity contribution >= 4 is 132 Å². The number of amides is 4. The smallest absolute Gasteiger partial charge is 0.505 e. The molecule has 0 heterocycles. The first-order chi connectivity index (χ1) is 52.8. The van der Waals surface area contributed by atoms with Gasteiger partial charge in [-0.05, 0) is 61.3 Å². The van der Waals surface area contributed by atoms with E-state index >= 15 is 0 Å². The second-order valence-electron chi connectivity index (χ2n) is 20.1. The molecule has 0 saturated heterocycles. The zero-order chi connectivity index (χ0) is 105. The van der Waals surface area contributed by atoms with E-state index in [-0.39, 0.29) is 49.1 Å². The quantitative estimate of drug-likeness (QED) is 0.0507. The maximum Gasteiger partial charge on any atom is 0.505 e. The van der Waals surface area contributed by atoms with Crippen LogP contribution in [0, 0.1) is 10.8 Å². The van der Waals surface area contributed by atoms with E-state index in [1.807, 2.05) is 66.7 Å². The molecule has 0 spiro atoms. The van der Waals surface area contributed by atoms with Crippen LogP contribution >= 0.6 is 11.8 Å². The van der Waals surface area contributed by atoms with Crippen LogP contribution in [0.4, 0.5) is 14.4 Å². The van der Waals surface area contributed by atoms with E-state index in [2.05, 4.69) is 149 Å². The van der Waals surface area contributed by atoms with Crippen LogP contribution in [0.15, 0.2) is 131 Å². The predicted octanol–water partition coefficient (Wildman–Crippen LogP) is 10.4. The summed E-state index contributed by atoms with van der Waals surface area (Å²) >= 11 is 1.75. The minimum atomic E-state index is -3.62. The molecule has 730 valence electrons. The number of thioether (sulfide) groups is 1. The number of ketones is 1. The Morgan fingerprint density at radius 1 is 0.361 bits per heavy atom. The molecular weight excluding hydrogens is 1700 g/mol. The molecule has 4 amide bonds. The Bertz CT molecular complexity index is 2590. The SMILES string of the molecule is C.C=C.C=C.C=C.C=C.C=C.C=C.C=C.C=C.C=C.C=CO.CC(=N)N(C)C.CC(=N)N(C)C.CC(=O)N(C)C.CC(=O)N(C)C.CC(C)=O.CN(C)C.CN(C)S(C)(=O)=O.CN(C)S(C)(=O)=O.CN(S(C)(=O)=O)S(C)(=O)=O.COC(=O)N(C)C.COC(=O)N(C)C.COC(=O)O.COC(C)=O.COC(C)=O.CS(C)(=O)=O.CS(C)=O.CSC. The molecule has 4 N–H and O–H groups in total. The molecule has 0 radical (unpaired) electrons. The maximum absolute atomic E-state index is 10.5. The van der Waals surface area contributed by atoms with Crippen molar-refractivity contribution in [2.75, 3.05) is 239 Å². The number of carbonyl (C=O) groups excluding carboxylic acids is 7. The number of nitrogens with zero attached hydrogens (tertiary/aromatic N) is 10. The second-order valence-corrected chi connectivity index (χ2v) is 33.3. The van der Waals surface area contributed by atoms with Crippen LogP contribution < -0.4 is 0 Å². The lowest BCUT2D eigenvalue weighted by molar-refractivity contribution is -0.138. The first kappa shape index (κ1) is 195.